The molecule has 0 aliphatic carbocycles. The molecule has 0 unspecified atom stereocenters. The number of hydrogen-bond donors (Lipinski definition) is 0. The summed E-state index contributed by atoms with van der Waals surface area (Å²) in [7, 11) is -1.41. The highest BCUT2D eigenvalue weighted by molar-refractivity contribution is 7.91. The molecule has 2 aromatic rings. The highest BCUT2D eigenvalue weighted by Gasteiger charge is 2.32. The van der Waals surface area contributed by atoms with Gasteiger partial charge < -0.3 is 9.15 Å². The standard InChI is InChI=1S/C16H20FN3O4S2/c1-23-8-7-19(14-6-9-26(21,22)10-14)11-20-16(25)24-15(18-20)12-2-4-13(17)5-3-12/h2-5,14H,6-11H2,1H3/t14-/m1/s1. The normalized spacial score (nSPS) is 19.3. The first-order valence-corrected chi connectivity index (χ1v) is 10.4. The van der Waals surface area contributed by atoms with Gasteiger partial charge in [-0.2, -0.15) is 0 Å². The average Bonchev–Trinajstić information content (AvgIpc) is 3.14. The number of halogens is 1. The summed E-state index contributed by atoms with van der Waals surface area (Å²) in [4.78, 5) is 2.16. The summed E-state index contributed by atoms with van der Waals surface area (Å²) in [5, 5.41) is 4.36. The van der Waals surface area contributed by atoms with E-state index in [2.05, 4.69) is 5.10 Å². The van der Waals surface area contributed by atoms with Gasteiger partial charge in [0.15, 0.2) is 9.84 Å². The average molecular weight is 401 g/mol. The molecule has 1 saturated heterocycles. The van der Waals surface area contributed by atoms with E-state index in [1.165, 1.54) is 16.8 Å². The zero-order chi connectivity index (χ0) is 18.7. The Balaban J connectivity index is 1.80. The van der Waals surface area contributed by atoms with Crippen molar-refractivity contribution in [2.24, 2.45) is 0 Å². The predicted octanol–water partition coefficient (Wildman–Crippen LogP) is 2.10. The van der Waals surface area contributed by atoms with Gasteiger partial charge in [0.1, 0.15) is 5.82 Å². The number of hydrogen-bond acceptors (Lipinski definition) is 7. The number of nitrogens with zero attached hydrogens (tertiary/aromatic N) is 3. The SMILES string of the molecule is COCCN(Cn1nc(-c2ccc(F)cc2)oc1=S)[C@@H]1CCS(=O)(=O)C1. The van der Waals surface area contributed by atoms with Crippen LogP contribution in [-0.2, 0) is 21.2 Å². The molecule has 1 aromatic heterocycles. The van der Waals surface area contributed by atoms with Gasteiger partial charge in [-0.05, 0) is 42.9 Å². The van der Waals surface area contributed by atoms with Crippen molar-refractivity contribution in [1.29, 1.82) is 0 Å². The zero-order valence-corrected chi connectivity index (χ0v) is 15.9. The first-order valence-electron chi connectivity index (χ1n) is 8.15. The predicted molar refractivity (Wildman–Crippen MR) is 96.4 cm³/mol. The zero-order valence-electron chi connectivity index (χ0n) is 14.3. The Labute approximate surface area is 156 Å². The molecule has 26 heavy (non-hydrogen) atoms. The lowest BCUT2D eigenvalue weighted by Crippen LogP contribution is -2.40. The van der Waals surface area contributed by atoms with E-state index < -0.39 is 9.84 Å². The Kier molecular flexibility index (Phi) is 5.86. The van der Waals surface area contributed by atoms with E-state index in [4.69, 9.17) is 21.4 Å². The first-order chi connectivity index (χ1) is 12.4. The highest BCUT2D eigenvalue weighted by atomic mass is 32.2. The molecule has 0 N–H and O–H groups in total. The minimum Gasteiger partial charge on any atom is -0.409 e. The topological polar surface area (TPSA) is 77.6 Å². The van der Waals surface area contributed by atoms with Crippen LogP contribution in [0.15, 0.2) is 28.7 Å². The monoisotopic (exact) mass is 401 g/mol. The van der Waals surface area contributed by atoms with Crippen LogP contribution in [0.25, 0.3) is 11.5 Å². The van der Waals surface area contributed by atoms with E-state index in [1.54, 1.807) is 19.2 Å². The molecule has 1 aromatic carbocycles. The molecule has 10 heteroatoms. The number of ether oxygens (including phenoxy) is 1. The Morgan fingerprint density at radius 3 is 2.77 bits per heavy atom. The molecule has 0 amide bonds. The Morgan fingerprint density at radius 1 is 1.42 bits per heavy atom. The van der Waals surface area contributed by atoms with Crippen LogP contribution in [-0.4, -0.2) is 60.9 Å². The van der Waals surface area contributed by atoms with Crippen molar-refractivity contribution in [2.45, 2.75) is 19.1 Å². The second-order valence-corrected chi connectivity index (χ2v) is 8.76. The maximum atomic E-state index is 13.1. The van der Waals surface area contributed by atoms with Crippen molar-refractivity contribution in [3.8, 4) is 11.5 Å². The van der Waals surface area contributed by atoms with Gasteiger partial charge >= 0.3 is 0 Å². The fourth-order valence-electron chi connectivity index (χ4n) is 2.92. The van der Waals surface area contributed by atoms with Crippen LogP contribution >= 0.6 is 12.2 Å². The van der Waals surface area contributed by atoms with E-state index >= 15 is 0 Å². The van der Waals surface area contributed by atoms with Crippen molar-refractivity contribution in [1.82, 2.24) is 14.7 Å². The van der Waals surface area contributed by atoms with Gasteiger partial charge in [-0.25, -0.2) is 17.5 Å². The molecule has 0 spiro atoms. The fourth-order valence-corrected chi connectivity index (χ4v) is 4.86. The summed E-state index contributed by atoms with van der Waals surface area (Å²) >= 11 is 5.23. The number of benzene rings is 1. The van der Waals surface area contributed by atoms with Crippen molar-refractivity contribution in [3.05, 3.63) is 34.9 Å². The van der Waals surface area contributed by atoms with Crippen molar-refractivity contribution < 1.29 is 22.0 Å². The van der Waals surface area contributed by atoms with Crippen LogP contribution in [0.3, 0.4) is 0 Å². The van der Waals surface area contributed by atoms with Crippen molar-refractivity contribution >= 4 is 22.1 Å². The largest absolute Gasteiger partial charge is 0.409 e. The maximum absolute atomic E-state index is 13.1. The van der Waals surface area contributed by atoms with Crippen LogP contribution in [0.1, 0.15) is 6.42 Å². The fraction of sp³-hybridized carbons (Fsp3) is 0.500. The molecular formula is C16H20FN3O4S2. The van der Waals surface area contributed by atoms with Crippen molar-refractivity contribution in [3.63, 3.8) is 0 Å². The molecule has 1 aliphatic rings. The van der Waals surface area contributed by atoms with E-state index in [9.17, 15) is 12.8 Å². The van der Waals surface area contributed by atoms with Gasteiger partial charge in [0.2, 0.25) is 5.89 Å². The van der Waals surface area contributed by atoms with Gasteiger partial charge in [0, 0.05) is 25.3 Å². The molecule has 2 heterocycles. The Bertz CT molecular complexity index is 908. The summed E-state index contributed by atoms with van der Waals surface area (Å²) in [5.41, 5.74) is 0.614. The first kappa shape index (κ1) is 19.2. The minimum absolute atomic E-state index is 0.108. The van der Waals surface area contributed by atoms with E-state index in [0.29, 0.717) is 37.7 Å². The quantitative estimate of drug-likeness (QED) is 0.658. The third-order valence-corrected chi connectivity index (χ3v) is 6.36. The second-order valence-electron chi connectivity index (χ2n) is 6.18. The minimum atomic E-state index is -3.01. The lowest BCUT2D eigenvalue weighted by Gasteiger charge is -2.27. The van der Waals surface area contributed by atoms with Gasteiger partial charge in [0.25, 0.3) is 4.84 Å². The third kappa shape index (κ3) is 4.56. The molecule has 1 atom stereocenters. The van der Waals surface area contributed by atoms with Crippen LogP contribution in [0.2, 0.25) is 0 Å². The maximum Gasteiger partial charge on any atom is 0.288 e. The summed E-state index contributed by atoms with van der Waals surface area (Å²) < 4.78 is 48.8. The van der Waals surface area contributed by atoms with Gasteiger partial charge in [0.05, 0.1) is 24.8 Å². The van der Waals surface area contributed by atoms with Crippen LogP contribution in [0.5, 0.6) is 0 Å². The number of sulfone groups is 1. The van der Waals surface area contributed by atoms with Gasteiger partial charge in [-0.1, -0.05) is 0 Å². The third-order valence-electron chi connectivity index (χ3n) is 4.32. The molecule has 1 aliphatic heterocycles. The molecule has 0 saturated carbocycles. The van der Waals surface area contributed by atoms with Gasteiger partial charge in [-0.15, -0.1) is 5.10 Å². The number of aromatic nitrogens is 2. The lowest BCUT2D eigenvalue weighted by molar-refractivity contribution is 0.0973. The summed E-state index contributed by atoms with van der Waals surface area (Å²) in [6.07, 6.45) is 0.571. The molecule has 0 bridgehead atoms. The Morgan fingerprint density at radius 2 is 2.15 bits per heavy atom. The van der Waals surface area contributed by atoms with Crippen LogP contribution < -0.4 is 0 Å². The Hall–Kier alpha value is -1.62. The lowest BCUT2D eigenvalue weighted by atomic mass is 10.2. The van der Waals surface area contributed by atoms with Crippen molar-refractivity contribution in [2.75, 3.05) is 31.8 Å². The van der Waals surface area contributed by atoms with E-state index in [0.717, 1.165) is 0 Å². The molecule has 1 fully saturated rings. The van der Waals surface area contributed by atoms with E-state index in [-0.39, 0.29) is 28.2 Å². The second kappa shape index (κ2) is 7.95. The van der Waals surface area contributed by atoms with Gasteiger partial charge in [-0.3, -0.25) is 4.90 Å². The van der Waals surface area contributed by atoms with Crippen LogP contribution in [0.4, 0.5) is 4.39 Å². The number of rotatable bonds is 7. The molecule has 7 nitrogen and oxygen atoms in total. The molecular weight excluding hydrogens is 381 g/mol. The van der Waals surface area contributed by atoms with E-state index in [1.807, 2.05) is 4.90 Å². The number of methoxy groups -OCH3 is 1. The summed E-state index contributed by atoms with van der Waals surface area (Å²) in [6.45, 7) is 1.32. The summed E-state index contributed by atoms with van der Waals surface area (Å²) in [6, 6.07) is 5.66. The molecule has 3 rings (SSSR count). The highest BCUT2D eigenvalue weighted by Crippen LogP contribution is 2.21. The molecule has 0 radical (unpaired) electrons. The summed E-state index contributed by atoms with van der Waals surface area (Å²) in [5.74, 6) is 0.250. The smallest absolute Gasteiger partial charge is 0.288 e. The van der Waals surface area contributed by atoms with Crippen LogP contribution in [0, 0.1) is 10.7 Å². The molecule has 142 valence electrons.